The minimum atomic E-state index is 0.135. The second-order valence-corrected chi connectivity index (χ2v) is 6.82. The van der Waals surface area contributed by atoms with E-state index in [1.165, 1.54) is 17.8 Å². The molecule has 2 aromatic heterocycles. The predicted molar refractivity (Wildman–Crippen MR) is 89.0 cm³/mol. The molecule has 0 aliphatic carbocycles. The van der Waals surface area contributed by atoms with Gasteiger partial charge in [-0.1, -0.05) is 19.4 Å². The third-order valence-electron chi connectivity index (χ3n) is 4.26. The molecule has 1 aliphatic heterocycles. The number of nitrogens with zero attached hydrogens (tertiary/aromatic N) is 3. The Bertz CT molecular complexity index is 653. The van der Waals surface area contributed by atoms with Crippen LogP contribution in [0.4, 0.5) is 0 Å². The van der Waals surface area contributed by atoms with Gasteiger partial charge in [0.2, 0.25) is 0 Å². The van der Waals surface area contributed by atoms with Gasteiger partial charge in [-0.05, 0) is 37.8 Å². The van der Waals surface area contributed by atoms with Crippen molar-refractivity contribution in [3.05, 3.63) is 35.0 Å². The molecule has 5 heteroatoms. The van der Waals surface area contributed by atoms with E-state index < -0.39 is 0 Å². The summed E-state index contributed by atoms with van der Waals surface area (Å²) in [5, 5.41) is 0.825. The minimum Gasteiger partial charge on any atom is -0.338 e. The highest BCUT2D eigenvalue weighted by Gasteiger charge is 2.26. The number of carbonyl (C=O) groups excluding carboxylic acids is 1. The third-order valence-corrected chi connectivity index (χ3v) is 5.43. The van der Waals surface area contributed by atoms with E-state index in [0.29, 0.717) is 5.92 Å². The number of hydrogen-bond acceptors (Lipinski definition) is 4. The van der Waals surface area contributed by atoms with Crippen LogP contribution in [-0.4, -0.2) is 33.9 Å². The van der Waals surface area contributed by atoms with Crippen molar-refractivity contribution in [3.63, 3.8) is 0 Å². The van der Waals surface area contributed by atoms with Crippen molar-refractivity contribution < 1.29 is 4.79 Å². The van der Waals surface area contributed by atoms with Gasteiger partial charge in [0.25, 0.3) is 5.91 Å². The molecule has 1 atom stereocenters. The van der Waals surface area contributed by atoms with Gasteiger partial charge in [0.15, 0.2) is 0 Å². The van der Waals surface area contributed by atoms with Crippen molar-refractivity contribution in [1.29, 1.82) is 0 Å². The van der Waals surface area contributed by atoms with E-state index >= 15 is 0 Å². The van der Waals surface area contributed by atoms with Crippen LogP contribution in [0, 0.1) is 12.8 Å². The largest absolute Gasteiger partial charge is 0.338 e. The van der Waals surface area contributed by atoms with Crippen molar-refractivity contribution in [1.82, 2.24) is 14.9 Å². The highest BCUT2D eigenvalue weighted by atomic mass is 32.1. The number of piperidine rings is 1. The number of thiazole rings is 1. The van der Waals surface area contributed by atoms with Gasteiger partial charge in [0.05, 0.1) is 11.4 Å². The quantitative estimate of drug-likeness (QED) is 0.866. The van der Waals surface area contributed by atoms with E-state index in [0.717, 1.165) is 47.2 Å². The lowest BCUT2D eigenvalue weighted by Gasteiger charge is -2.32. The van der Waals surface area contributed by atoms with Crippen LogP contribution in [0.15, 0.2) is 24.4 Å². The van der Waals surface area contributed by atoms with E-state index in [2.05, 4.69) is 16.9 Å². The topological polar surface area (TPSA) is 46.1 Å². The lowest BCUT2D eigenvalue weighted by Crippen LogP contribution is -2.39. The Kier molecular flexibility index (Phi) is 4.52. The fourth-order valence-electron chi connectivity index (χ4n) is 2.92. The van der Waals surface area contributed by atoms with Crippen LogP contribution < -0.4 is 0 Å². The SMILES string of the molecule is CCC1CCCN(C(=O)c2sc(-c3ccccn3)nc2C)C1. The van der Waals surface area contributed by atoms with Gasteiger partial charge in [-0.2, -0.15) is 0 Å². The van der Waals surface area contributed by atoms with E-state index in [-0.39, 0.29) is 5.91 Å². The van der Waals surface area contributed by atoms with Crippen LogP contribution in [-0.2, 0) is 0 Å². The zero-order chi connectivity index (χ0) is 15.5. The zero-order valence-corrected chi connectivity index (χ0v) is 13.9. The van der Waals surface area contributed by atoms with Crippen LogP contribution in [0.5, 0.6) is 0 Å². The Balaban J connectivity index is 1.83. The van der Waals surface area contributed by atoms with Crippen LogP contribution in [0.2, 0.25) is 0 Å². The number of rotatable bonds is 3. The summed E-state index contributed by atoms with van der Waals surface area (Å²) >= 11 is 1.46. The van der Waals surface area contributed by atoms with Gasteiger partial charge in [-0.3, -0.25) is 9.78 Å². The number of aromatic nitrogens is 2. The molecular formula is C17H21N3OS. The third kappa shape index (κ3) is 3.04. The fraction of sp³-hybridized carbons (Fsp3) is 0.471. The van der Waals surface area contributed by atoms with E-state index in [9.17, 15) is 4.79 Å². The molecule has 116 valence electrons. The molecular weight excluding hydrogens is 294 g/mol. The predicted octanol–water partition coefficient (Wildman–Crippen LogP) is 3.78. The molecule has 22 heavy (non-hydrogen) atoms. The lowest BCUT2D eigenvalue weighted by molar-refractivity contribution is 0.0675. The molecule has 0 N–H and O–H groups in total. The monoisotopic (exact) mass is 315 g/mol. The Morgan fingerprint density at radius 2 is 2.32 bits per heavy atom. The first-order valence-electron chi connectivity index (χ1n) is 7.87. The first-order valence-corrected chi connectivity index (χ1v) is 8.68. The molecule has 0 aromatic carbocycles. The average molecular weight is 315 g/mol. The first-order chi connectivity index (χ1) is 10.7. The molecule has 1 saturated heterocycles. The smallest absolute Gasteiger partial charge is 0.265 e. The molecule has 0 bridgehead atoms. The molecule has 1 amide bonds. The number of likely N-dealkylation sites (tertiary alicyclic amines) is 1. The summed E-state index contributed by atoms with van der Waals surface area (Å²) < 4.78 is 0. The summed E-state index contributed by atoms with van der Waals surface area (Å²) in [5.41, 5.74) is 1.65. The maximum absolute atomic E-state index is 12.8. The lowest BCUT2D eigenvalue weighted by atomic mass is 9.95. The molecule has 2 aromatic rings. The Morgan fingerprint density at radius 1 is 1.45 bits per heavy atom. The summed E-state index contributed by atoms with van der Waals surface area (Å²) in [4.78, 5) is 24.4. The molecule has 1 fully saturated rings. The minimum absolute atomic E-state index is 0.135. The second kappa shape index (κ2) is 6.57. The standard InChI is InChI=1S/C17H21N3OS/c1-3-13-7-6-10-20(11-13)17(21)15-12(2)19-16(22-15)14-8-4-5-9-18-14/h4-5,8-9,13H,3,6-7,10-11H2,1-2H3. The van der Waals surface area contributed by atoms with Crippen molar-refractivity contribution in [3.8, 4) is 10.7 Å². The van der Waals surface area contributed by atoms with Crippen LogP contribution in [0.1, 0.15) is 41.6 Å². The van der Waals surface area contributed by atoms with Gasteiger partial charge in [-0.25, -0.2) is 4.98 Å². The number of pyridine rings is 1. The Hall–Kier alpha value is -1.75. The van der Waals surface area contributed by atoms with E-state index in [4.69, 9.17) is 0 Å². The Labute approximate surface area is 135 Å². The normalized spacial score (nSPS) is 18.5. The fourth-order valence-corrected chi connectivity index (χ4v) is 3.93. The van der Waals surface area contributed by atoms with Crippen molar-refractivity contribution >= 4 is 17.2 Å². The van der Waals surface area contributed by atoms with Gasteiger partial charge >= 0.3 is 0 Å². The molecule has 1 aliphatic rings. The highest BCUT2D eigenvalue weighted by Crippen LogP contribution is 2.29. The maximum Gasteiger partial charge on any atom is 0.265 e. The molecule has 1 unspecified atom stereocenters. The van der Waals surface area contributed by atoms with Crippen molar-refractivity contribution in [2.75, 3.05) is 13.1 Å². The molecule has 3 heterocycles. The second-order valence-electron chi connectivity index (χ2n) is 5.82. The van der Waals surface area contributed by atoms with E-state index in [1.807, 2.05) is 30.0 Å². The molecule has 0 spiro atoms. The molecule has 4 nitrogen and oxygen atoms in total. The van der Waals surface area contributed by atoms with Crippen molar-refractivity contribution in [2.24, 2.45) is 5.92 Å². The molecule has 0 saturated carbocycles. The average Bonchev–Trinajstić information content (AvgIpc) is 2.97. The maximum atomic E-state index is 12.8. The number of hydrogen-bond donors (Lipinski definition) is 0. The van der Waals surface area contributed by atoms with Crippen LogP contribution in [0.25, 0.3) is 10.7 Å². The summed E-state index contributed by atoms with van der Waals surface area (Å²) in [6, 6.07) is 5.76. The van der Waals surface area contributed by atoms with Gasteiger partial charge in [-0.15, -0.1) is 11.3 Å². The molecule has 0 radical (unpaired) electrons. The van der Waals surface area contributed by atoms with Gasteiger partial charge < -0.3 is 4.90 Å². The number of carbonyl (C=O) groups is 1. The summed E-state index contributed by atoms with van der Waals surface area (Å²) in [6.45, 7) is 5.87. The van der Waals surface area contributed by atoms with E-state index in [1.54, 1.807) is 6.20 Å². The summed E-state index contributed by atoms with van der Waals surface area (Å²) in [7, 11) is 0. The first kappa shape index (κ1) is 15.2. The summed E-state index contributed by atoms with van der Waals surface area (Å²) in [6.07, 6.45) is 5.24. The van der Waals surface area contributed by atoms with Crippen LogP contribution in [0.3, 0.4) is 0 Å². The molecule has 3 rings (SSSR count). The van der Waals surface area contributed by atoms with Gasteiger partial charge in [0, 0.05) is 19.3 Å². The van der Waals surface area contributed by atoms with Crippen molar-refractivity contribution in [2.45, 2.75) is 33.1 Å². The number of aryl methyl sites for hydroxylation is 1. The Morgan fingerprint density at radius 3 is 3.05 bits per heavy atom. The van der Waals surface area contributed by atoms with Gasteiger partial charge in [0.1, 0.15) is 9.88 Å². The zero-order valence-electron chi connectivity index (χ0n) is 13.1. The van der Waals surface area contributed by atoms with Crippen LogP contribution >= 0.6 is 11.3 Å². The summed E-state index contributed by atoms with van der Waals surface area (Å²) in [5.74, 6) is 0.775. The number of amides is 1. The highest BCUT2D eigenvalue weighted by molar-refractivity contribution is 7.17.